The molecule has 1 rings (SSSR count). The second-order valence-electron chi connectivity index (χ2n) is 4.45. The number of nitrogens with one attached hydrogen (secondary N) is 1. The Balaban J connectivity index is 2.70. The predicted molar refractivity (Wildman–Crippen MR) is 76.7 cm³/mol. The maximum absolute atomic E-state index is 12.1. The van der Waals surface area contributed by atoms with Crippen molar-refractivity contribution in [2.24, 2.45) is 0 Å². The predicted octanol–water partition coefficient (Wildman–Crippen LogP) is 2.84. The van der Waals surface area contributed by atoms with Gasteiger partial charge in [0.1, 0.15) is 5.15 Å². The molecule has 1 N–H and O–H groups in total. The summed E-state index contributed by atoms with van der Waals surface area (Å²) in [7, 11) is 0. The summed E-state index contributed by atoms with van der Waals surface area (Å²) in [4.78, 5) is 16.3. The molecule has 0 aromatic carbocycles. The summed E-state index contributed by atoms with van der Waals surface area (Å²) >= 11 is 5.93. The molecule has 0 fully saturated rings. The van der Waals surface area contributed by atoms with E-state index in [-0.39, 0.29) is 11.9 Å². The second kappa shape index (κ2) is 8.12. The number of hydrogen-bond acceptors (Lipinski definition) is 3. The number of amides is 1. The van der Waals surface area contributed by atoms with Crippen molar-refractivity contribution in [3.8, 4) is 0 Å². The first-order chi connectivity index (χ1) is 9.06. The minimum absolute atomic E-state index is 0.0333. The van der Waals surface area contributed by atoms with E-state index in [1.54, 1.807) is 12.1 Å². The summed E-state index contributed by atoms with van der Waals surface area (Å²) < 4.78 is 5.26. The van der Waals surface area contributed by atoms with Gasteiger partial charge in [0.25, 0.3) is 5.91 Å². The van der Waals surface area contributed by atoms with Crippen LogP contribution in [0.25, 0.3) is 0 Å². The summed E-state index contributed by atoms with van der Waals surface area (Å²) in [5.41, 5.74) is 1.39. The highest BCUT2D eigenvalue weighted by Crippen LogP contribution is 2.12. The standard InChI is InChI=1S/C14H21ClN2O2/c1-4-6-12-7-11(8-13(15)17-12)14(18)16-10(3)9-19-5-2/h7-8,10H,4-6,9H2,1-3H3,(H,16,18). The normalized spacial score (nSPS) is 12.2. The van der Waals surface area contributed by atoms with Gasteiger partial charge in [-0.25, -0.2) is 4.98 Å². The van der Waals surface area contributed by atoms with Gasteiger partial charge < -0.3 is 10.1 Å². The number of halogens is 1. The van der Waals surface area contributed by atoms with Crippen molar-refractivity contribution in [1.29, 1.82) is 0 Å². The van der Waals surface area contributed by atoms with Crippen LogP contribution in [0, 0.1) is 0 Å². The van der Waals surface area contributed by atoms with E-state index in [9.17, 15) is 4.79 Å². The third-order valence-electron chi connectivity index (χ3n) is 2.56. The number of nitrogens with zero attached hydrogens (tertiary/aromatic N) is 1. The van der Waals surface area contributed by atoms with Crippen LogP contribution in [0.15, 0.2) is 12.1 Å². The van der Waals surface area contributed by atoms with Crippen LogP contribution < -0.4 is 5.32 Å². The average molecular weight is 285 g/mol. The zero-order valence-corrected chi connectivity index (χ0v) is 12.5. The molecule has 5 heteroatoms. The minimum atomic E-state index is -0.145. The fraction of sp³-hybridized carbons (Fsp3) is 0.571. The topological polar surface area (TPSA) is 51.2 Å². The molecule has 0 aliphatic heterocycles. The molecular formula is C14H21ClN2O2. The number of hydrogen-bond donors (Lipinski definition) is 1. The lowest BCUT2D eigenvalue weighted by atomic mass is 10.1. The highest BCUT2D eigenvalue weighted by Gasteiger charge is 2.12. The number of rotatable bonds is 7. The molecular weight excluding hydrogens is 264 g/mol. The van der Waals surface area contributed by atoms with E-state index in [1.165, 1.54) is 0 Å². The number of ether oxygens (including phenoxy) is 1. The molecule has 0 saturated heterocycles. The highest BCUT2D eigenvalue weighted by molar-refractivity contribution is 6.29. The van der Waals surface area contributed by atoms with Crippen LogP contribution in [-0.4, -0.2) is 30.1 Å². The zero-order valence-electron chi connectivity index (χ0n) is 11.7. The molecule has 0 radical (unpaired) electrons. The van der Waals surface area contributed by atoms with Crippen LogP contribution >= 0.6 is 11.6 Å². The summed E-state index contributed by atoms with van der Waals surface area (Å²) in [5, 5.41) is 3.23. The smallest absolute Gasteiger partial charge is 0.251 e. The molecule has 1 aromatic heterocycles. The van der Waals surface area contributed by atoms with Crippen molar-refractivity contribution >= 4 is 17.5 Å². The Bertz CT molecular complexity index is 424. The molecule has 4 nitrogen and oxygen atoms in total. The fourth-order valence-electron chi connectivity index (χ4n) is 1.71. The Morgan fingerprint density at radius 3 is 2.84 bits per heavy atom. The Kier molecular flexibility index (Phi) is 6.81. The van der Waals surface area contributed by atoms with Gasteiger partial charge in [-0.15, -0.1) is 0 Å². The third-order valence-corrected chi connectivity index (χ3v) is 2.76. The Morgan fingerprint density at radius 2 is 2.21 bits per heavy atom. The average Bonchev–Trinajstić information content (AvgIpc) is 2.36. The van der Waals surface area contributed by atoms with Crippen molar-refractivity contribution in [2.45, 2.75) is 39.7 Å². The molecule has 0 spiro atoms. The van der Waals surface area contributed by atoms with Crippen LogP contribution in [0.1, 0.15) is 43.2 Å². The number of aryl methyl sites for hydroxylation is 1. The largest absolute Gasteiger partial charge is 0.380 e. The van der Waals surface area contributed by atoms with Crippen LogP contribution in [0.4, 0.5) is 0 Å². The van der Waals surface area contributed by atoms with E-state index in [4.69, 9.17) is 16.3 Å². The molecule has 1 amide bonds. The first-order valence-corrected chi connectivity index (χ1v) is 6.99. The maximum atomic E-state index is 12.1. The van der Waals surface area contributed by atoms with E-state index in [1.807, 2.05) is 13.8 Å². The van der Waals surface area contributed by atoms with Crippen LogP contribution in [0.5, 0.6) is 0 Å². The number of pyridine rings is 1. The van der Waals surface area contributed by atoms with Gasteiger partial charge in [0.2, 0.25) is 0 Å². The van der Waals surface area contributed by atoms with Gasteiger partial charge in [-0.05, 0) is 32.4 Å². The lowest BCUT2D eigenvalue weighted by Gasteiger charge is -2.14. The SMILES string of the molecule is CCCc1cc(C(=O)NC(C)COCC)cc(Cl)n1. The molecule has 0 bridgehead atoms. The highest BCUT2D eigenvalue weighted by atomic mass is 35.5. The monoisotopic (exact) mass is 284 g/mol. The first kappa shape index (κ1) is 15.9. The van der Waals surface area contributed by atoms with Crippen LogP contribution in [-0.2, 0) is 11.2 Å². The molecule has 1 unspecified atom stereocenters. The summed E-state index contributed by atoms with van der Waals surface area (Å²) in [6.45, 7) is 7.04. The van der Waals surface area contributed by atoms with E-state index in [0.29, 0.717) is 23.9 Å². The van der Waals surface area contributed by atoms with Gasteiger partial charge in [0.05, 0.1) is 6.61 Å². The van der Waals surface area contributed by atoms with Gasteiger partial charge in [-0.1, -0.05) is 24.9 Å². The molecule has 1 aromatic rings. The fourth-order valence-corrected chi connectivity index (χ4v) is 1.94. The molecule has 0 saturated carbocycles. The molecule has 1 atom stereocenters. The van der Waals surface area contributed by atoms with E-state index in [0.717, 1.165) is 18.5 Å². The summed E-state index contributed by atoms with van der Waals surface area (Å²) in [6, 6.07) is 3.34. The number of carbonyl (C=O) groups is 1. The lowest BCUT2D eigenvalue weighted by Crippen LogP contribution is -2.36. The van der Waals surface area contributed by atoms with Gasteiger partial charge in [0.15, 0.2) is 0 Å². The quantitative estimate of drug-likeness (QED) is 0.783. The Morgan fingerprint density at radius 1 is 1.47 bits per heavy atom. The van der Waals surface area contributed by atoms with E-state index < -0.39 is 0 Å². The van der Waals surface area contributed by atoms with E-state index >= 15 is 0 Å². The number of carbonyl (C=O) groups excluding carboxylic acids is 1. The van der Waals surface area contributed by atoms with Crippen molar-refractivity contribution in [3.63, 3.8) is 0 Å². The van der Waals surface area contributed by atoms with Crippen molar-refractivity contribution in [2.75, 3.05) is 13.2 Å². The minimum Gasteiger partial charge on any atom is -0.380 e. The van der Waals surface area contributed by atoms with Gasteiger partial charge in [0, 0.05) is 23.9 Å². The molecule has 19 heavy (non-hydrogen) atoms. The Hall–Kier alpha value is -1.13. The van der Waals surface area contributed by atoms with E-state index in [2.05, 4.69) is 17.2 Å². The summed E-state index contributed by atoms with van der Waals surface area (Å²) in [5.74, 6) is -0.145. The number of aromatic nitrogens is 1. The lowest BCUT2D eigenvalue weighted by molar-refractivity contribution is 0.0872. The van der Waals surface area contributed by atoms with Crippen molar-refractivity contribution in [3.05, 3.63) is 28.5 Å². The van der Waals surface area contributed by atoms with Crippen molar-refractivity contribution < 1.29 is 9.53 Å². The van der Waals surface area contributed by atoms with Crippen LogP contribution in [0.2, 0.25) is 5.15 Å². The van der Waals surface area contributed by atoms with Crippen molar-refractivity contribution in [1.82, 2.24) is 10.3 Å². The third kappa shape index (κ3) is 5.57. The van der Waals surface area contributed by atoms with Gasteiger partial charge in [-0.3, -0.25) is 4.79 Å². The molecule has 0 aliphatic rings. The van der Waals surface area contributed by atoms with Crippen LogP contribution in [0.3, 0.4) is 0 Å². The summed E-state index contributed by atoms with van der Waals surface area (Å²) in [6.07, 6.45) is 1.78. The second-order valence-corrected chi connectivity index (χ2v) is 4.84. The molecule has 106 valence electrons. The Labute approximate surface area is 119 Å². The van der Waals surface area contributed by atoms with Gasteiger partial charge >= 0.3 is 0 Å². The first-order valence-electron chi connectivity index (χ1n) is 6.61. The maximum Gasteiger partial charge on any atom is 0.251 e. The van der Waals surface area contributed by atoms with Gasteiger partial charge in [-0.2, -0.15) is 0 Å². The molecule has 0 aliphatic carbocycles. The zero-order chi connectivity index (χ0) is 14.3. The molecule has 1 heterocycles.